The van der Waals surface area contributed by atoms with Gasteiger partial charge in [0.2, 0.25) is 0 Å². The molecule has 0 bridgehead atoms. The van der Waals surface area contributed by atoms with Crippen LogP contribution in [0.4, 0.5) is 0 Å². The van der Waals surface area contributed by atoms with Gasteiger partial charge in [0, 0.05) is 0 Å². The molecular weight excluding hydrogens is 295 g/mol. The van der Waals surface area contributed by atoms with Gasteiger partial charge >= 0.3 is 8.60 Å². The molecule has 0 spiro atoms. The molecule has 3 nitrogen and oxygen atoms in total. The summed E-state index contributed by atoms with van der Waals surface area (Å²) in [5.74, 6) is 2.16. The van der Waals surface area contributed by atoms with E-state index in [1.807, 2.05) is 48.5 Å². The number of rotatable bonds is 6. The Balaban J connectivity index is 1.93. The Morgan fingerprint density at radius 3 is 1.27 bits per heavy atom. The first kappa shape index (κ1) is 16.8. The molecule has 0 saturated carbocycles. The highest BCUT2D eigenvalue weighted by atomic mass is 31.2. The minimum Gasteiger partial charge on any atom is -0.418 e. The smallest absolute Gasteiger partial charge is 0.418 e. The van der Waals surface area contributed by atoms with Crippen LogP contribution in [0.2, 0.25) is 0 Å². The lowest BCUT2D eigenvalue weighted by Gasteiger charge is -2.14. The molecule has 0 saturated heterocycles. The third kappa shape index (κ3) is 4.72. The molecule has 2 aromatic rings. The van der Waals surface area contributed by atoms with Gasteiger partial charge in [0.1, 0.15) is 11.5 Å². The van der Waals surface area contributed by atoms with Crippen LogP contribution in [0.15, 0.2) is 48.5 Å². The van der Waals surface area contributed by atoms with Gasteiger partial charge in [-0.1, -0.05) is 52.0 Å². The van der Waals surface area contributed by atoms with E-state index in [4.69, 9.17) is 9.05 Å². The summed E-state index contributed by atoms with van der Waals surface area (Å²) in [5, 5.41) is 0. The van der Waals surface area contributed by atoms with E-state index in [2.05, 4.69) is 27.7 Å². The molecule has 0 fully saturated rings. The summed E-state index contributed by atoms with van der Waals surface area (Å²) in [6.45, 7) is 8.55. The first-order valence-electron chi connectivity index (χ1n) is 7.50. The van der Waals surface area contributed by atoms with Crippen molar-refractivity contribution in [2.45, 2.75) is 39.5 Å². The molecule has 0 heterocycles. The molecule has 1 N–H and O–H groups in total. The van der Waals surface area contributed by atoms with Crippen LogP contribution in [-0.4, -0.2) is 4.89 Å². The molecule has 2 rings (SSSR count). The molecule has 4 heteroatoms. The van der Waals surface area contributed by atoms with Crippen LogP contribution in [0.1, 0.15) is 50.7 Å². The van der Waals surface area contributed by atoms with Gasteiger partial charge < -0.3 is 13.9 Å². The van der Waals surface area contributed by atoms with E-state index in [9.17, 15) is 4.89 Å². The standard InChI is InChI=1S/C18H23O3P/c1-13(2)15-5-9-17(10-6-15)20-22(19)21-18-11-7-16(8-12-18)14(3)4/h5-14,19H,1-4H3. The van der Waals surface area contributed by atoms with E-state index in [1.54, 1.807) is 0 Å². The van der Waals surface area contributed by atoms with Crippen molar-refractivity contribution >= 4 is 8.60 Å². The summed E-state index contributed by atoms with van der Waals surface area (Å²) < 4.78 is 10.9. The minimum absolute atomic E-state index is 0.473. The molecule has 2 aromatic carbocycles. The third-order valence-corrected chi connectivity index (χ3v) is 4.19. The van der Waals surface area contributed by atoms with Gasteiger partial charge in [-0.25, -0.2) is 0 Å². The zero-order chi connectivity index (χ0) is 16.1. The van der Waals surface area contributed by atoms with Gasteiger partial charge in [-0.15, -0.1) is 0 Å². The van der Waals surface area contributed by atoms with Gasteiger partial charge in [0.25, 0.3) is 0 Å². The van der Waals surface area contributed by atoms with Crippen LogP contribution in [0, 0.1) is 0 Å². The molecule has 0 aliphatic carbocycles. The molecule has 0 aromatic heterocycles. The number of hydrogen-bond acceptors (Lipinski definition) is 3. The molecule has 0 unspecified atom stereocenters. The lowest BCUT2D eigenvalue weighted by Crippen LogP contribution is -1.95. The maximum Gasteiger partial charge on any atom is 0.460 e. The summed E-state index contributed by atoms with van der Waals surface area (Å²) in [6, 6.07) is 15.4. The van der Waals surface area contributed by atoms with Crippen molar-refractivity contribution in [1.82, 2.24) is 0 Å². The van der Waals surface area contributed by atoms with E-state index in [1.165, 1.54) is 11.1 Å². The van der Waals surface area contributed by atoms with Gasteiger partial charge in [-0.05, 0) is 47.2 Å². The van der Waals surface area contributed by atoms with Crippen LogP contribution in [0.5, 0.6) is 11.5 Å². The van der Waals surface area contributed by atoms with Gasteiger partial charge in [0.05, 0.1) is 0 Å². The van der Waals surface area contributed by atoms with Crippen molar-refractivity contribution in [3.63, 3.8) is 0 Å². The Morgan fingerprint density at radius 2 is 1.00 bits per heavy atom. The van der Waals surface area contributed by atoms with Crippen LogP contribution in [-0.2, 0) is 0 Å². The molecule has 0 amide bonds. The highest BCUT2D eigenvalue weighted by molar-refractivity contribution is 7.41. The molecule has 0 aliphatic heterocycles. The minimum atomic E-state index is -1.98. The van der Waals surface area contributed by atoms with Crippen molar-refractivity contribution in [1.29, 1.82) is 0 Å². The maximum absolute atomic E-state index is 9.93. The van der Waals surface area contributed by atoms with E-state index >= 15 is 0 Å². The number of benzene rings is 2. The summed E-state index contributed by atoms with van der Waals surface area (Å²) in [6.07, 6.45) is 0. The normalized spacial score (nSPS) is 11.3. The Hall–Kier alpha value is -1.57. The van der Waals surface area contributed by atoms with Crippen molar-refractivity contribution in [3.8, 4) is 11.5 Å². The van der Waals surface area contributed by atoms with Crippen molar-refractivity contribution in [3.05, 3.63) is 59.7 Å². The van der Waals surface area contributed by atoms with Crippen LogP contribution in [0.3, 0.4) is 0 Å². The largest absolute Gasteiger partial charge is 0.460 e. The molecular formula is C18H23O3P. The monoisotopic (exact) mass is 318 g/mol. The predicted molar refractivity (Wildman–Crippen MR) is 91.5 cm³/mol. The first-order chi connectivity index (χ1) is 10.5. The SMILES string of the molecule is CC(C)c1ccc(OP(O)Oc2ccc(C(C)C)cc2)cc1. The van der Waals surface area contributed by atoms with Crippen molar-refractivity contribution < 1.29 is 13.9 Å². The van der Waals surface area contributed by atoms with Crippen LogP contribution >= 0.6 is 8.60 Å². The Bertz CT molecular complexity index is 523. The Morgan fingerprint density at radius 1 is 0.682 bits per heavy atom. The topological polar surface area (TPSA) is 38.7 Å². The second kappa shape index (κ2) is 7.62. The molecule has 0 atom stereocenters. The van der Waals surface area contributed by atoms with E-state index in [0.29, 0.717) is 23.3 Å². The third-order valence-electron chi connectivity index (χ3n) is 3.46. The number of hydrogen-bond donors (Lipinski definition) is 1. The fourth-order valence-electron chi connectivity index (χ4n) is 2.03. The molecule has 0 aliphatic rings. The zero-order valence-electron chi connectivity index (χ0n) is 13.5. The van der Waals surface area contributed by atoms with Crippen LogP contribution < -0.4 is 9.05 Å². The quantitative estimate of drug-likeness (QED) is 0.703. The highest BCUT2D eigenvalue weighted by Gasteiger charge is 2.12. The first-order valence-corrected chi connectivity index (χ1v) is 8.63. The summed E-state index contributed by atoms with van der Waals surface area (Å²) in [7, 11) is -1.98. The van der Waals surface area contributed by atoms with Crippen LogP contribution in [0.25, 0.3) is 0 Å². The average Bonchev–Trinajstić information content (AvgIpc) is 2.48. The fraction of sp³-hybridized carbons (Fsp3) is 0.333. The van der Waals surface area contributed by atoms with E-state index in [-0.39, 0.29) is 0 Å². The Kier molecular flexibility index (Phi) is 5.82. The average molecular weight is 318 g/mol. The summed E-state index contributed by atoms with van der Waals surface area (Å²) in [5.41, 5.74) is 2.47. The Labute approximate surface area is 133 Å². The maximum atomic E-state index is 9.93. The second-order valence-corrected chi connectivity index (χ2v) is 6.71. The van der Waals surface area contributed by atoms with Gasteiger partial charge in [0.15, 0.2) is 0 Å². The summed E-state index contributed by atoms with van der Waals surface area (Å²) >= 11 is 0. The lowest BCUT2D eigenvalue weighted by molar-refractivity contribution is 0.381. The van der Waals surface area contributed by atoms with E-state index < -0.39 is 8.60 Å². The summed E-state index contributed by atoms with van der Waals surface area (Å²) in [4.78, 5) is 9.93. The highest BCUT2D eigenvalue weighted by Crippen LogP contribution is 2.37. The fourth-order valence-corrected chi connectivity index (χ4v) is 2.67. The molecule has 118 valence electrons. The second-order valence-electron chi connectivity index (χ2n) is 5.87. The van der Waals surface area contributed by atoms with E-state index in [0.717, 1.165) is 0 Å². The molecule has 22 heavy (non-hydrogen) atoms. The molecule has 0 radical (unpaired) electrons. The lowest BCUT2D eigenvalue weighted by atomic mass is 10.0. The zero-order valence-corrected chi connectivity index (χ0v) is 14.4. The van der Waals surface area contributed by atoms with Gasteiger partial charge in [-0.2, -0.15) is 0 Å². The van der Waals surface area contributed by atoms with Gasteiger partial charge in [-0.3, -0.25) is 0 Å². The van der Waals surface area contributed by atoms with Crippen molar-refractivity contribution in [2.75, 3.05) is 0 Å². The predicted octanol–water partition coefficient (Wildman–Crippen LogP) is 5.61. The van der Waals surface area contributed by atoms with Crippen molar-refractivity contribution in [2.24, 2.45) is 0 Å².